The second-order valence-corrected chi connectivity index (χ2v) is 2.52. The van der Waals surface area contributed by atoms with Crippen LogP contribution in [0, 0.1) is 5.92 Å². The van der Waals surface area contributed by atoms with Gasteiger partial charge in [0.25, 0.3) is 0 Å². The minimum Gasteiger partial charge on any atom is -0.396 e. The normalized spacial score (nSPS) is 22.0. The topological polar surface area (TPSA) is 55.5 Å². The van der Waals surface area contributed by atoms with E-state index in [0.29, 0.717) is 12.3 Å². The summed E-state index contributed by atoms with van der Waals surface area (Å²) in [6.45, 7) is 0.179. The third kappa shape index (κ3) is 1.93. The SMILES string of the molecule is NOC(CCO)C1CC1. The minimum absolute atomic E-state index is 0.106. The van der Waals surface area contributed by atoms with Crippen molar-refractivity contribution < 1.29 is 9.94 Å². The molecule has 9 heavy (non-hydrogen) atoms. The van der Waals surface area contributed by atoms with Crippen molar-refractivity contribution in [3.63, 3.8) is 0 Å². The predicted molar refractivity (Wildman–Crippen MR) is 33.5 cm³/mol. The molecule has 0 radical (unpaired) electrons. The fraction of sp³-hybridized carbons (Fsp3) is 1.00. The molecule has 0 spiro atoms. The molecule has 54 valence electrons. The third-order valence-corrected chi connectivity index (χ3v) is 1.74. The highest BCUT2D eigenvalue weighted by Gasteiger charge is 2.31. The summed E-state index contributed by atoms with van der Waals surface area (Å²) in [7, 11) is 0. The molecular weight excluding hydrogens is 118 g/mol. The Morgan fingerprint density at radius 2 is 2.33 bits per heavy atom. The minimum atomic E-state index is 0.106. The van der Waals surface area contributed by atoms with Crippen molar-refractivity contribution in [3.8, 4) is 0 Å². The Morgan fingerprint density at radius 1 is 1.67 bits per heavy atom. The molecule has 0 aromatic heterocycles. The molecule has 0 saturated heterocycles. The molecule has 1 saturated carbocycles. The summed E-state index contributed by atoms with van der Waals surface area (Å²) < 4.78 is 0. The molecule has 3 nitrogen and oxygen atoms in total. The Balaban J connectivity index is 2.12. The highest BCUT2D eigenvalue weighted by atomic mass is 16.6. The van der Waals surface area contributed by atoms with Gasteiger partial charge in [-0.3, -0.25) is 0 Å². The van der Waals surface area contributed by atoms with Gasteiger partial charge in [0.15, 0.2) is 0 Å². The van der Waals surface area contributed by atoms with Crippen LogP contribution in [0.4, 0.5) is 0 Å². The van der Waals surface area contributed by atoms with Gasteiger partial charge in [0.2, 0.25) is 0 Å². The zero-order chi connectivity index (χ0) is 6.69. The lowest BCUT2D eigenvalue weighted by molar-refractivity contribution is 0.0207. The zero-order valence-corrected chi connectivity index (χ0v) is 5.42. The molecule has 0 aromatic carbocycles. The fourth-order valence-electron chi connectivity index (χ4n) is 1.01. The molecule has 0 aromatic rings. The Bertz CT molecular complexity index is 83.1. The molecule has 3 N–H and O–H groups in total. The van der Waals surface area contributed by atoms with E-state index < -0.39 is 0 Å². The van der Waals surface area contributed by atoms with E-state index in [1.54, 1.807) is 0 Å². The fourth-order valence-corrected chi connectivity index (χ4v) is 1.01. The van der Waals surface area contributed by atoms with Gasteiger partial charge >= 0.3 is 0 Å². The van der Waals surface area contributed by atoms with Gasteiger partial charge < -0.3 is 9.94 Å². The van der Waals surface area contributed by atoms with E-state index in [4.69, 9.17) is 11.0 Å². The Hall–Kier alpha value is -0.120. The second kappa shape index (κ2) is 3.15. The number of nitrogens with two attached hydrogens (primary N) is 1. The van der Waals surface area contributed by atoms with Crippen molar-refractivity contribution in [2.45, 2.75) is 25.4 Å². The molecule has 1 unspecified atom stereocenters. The van der Waals surface area contributed by atoms with Crippen LogP contribution in [0.3, 0.4) is 0 Å². The maximum Gasteiger partial charge on any atom is 0.0837 e. The van der Waals surface area contributed by atoms with Crippen LogP contribution in [0.2, 0.25) is 0 Å². The van der Waals surface area contributed by atoms with E-state index in [1.807, 2.05) is 0 Å². The van der Waals surface area contributed by atoms with Crippen molar-refractivity contribution in [2.24, 2.45) is 11.8 Å². The summed E-state index contributed by atoms with van der Waals surface area (Å²) in [5.74, 6) is 5.62. The number of hydrogen-bond donors (Lipinski definition) is 2. The maximum absolute atomic E-state index is 8.51. The lowest BCUT2D eigenvalue weighted by atomic mass is 10.2. The summed E-state index contributed by atoms with van der Waals surface area (Å²) >= 11 is 0. The van der Waals surface area contributed by atoms with Crippen LogP contribution in [0.5, 0.6) is 0 Å². The van der Waals surface area contributed by atoms with Gasteiger partial charge in [-0.2, -0.15) is 0 Å². The van der Waals surface area contributed by atoms with Gasteiger partial charge in [0, 0.05) is 6.61 Å². The van der Waals surface area contributed by atoms with Crippen molar-refractivity contribution in [1.82, 2.24) is 0 Å². The van der Waals surface area contributed by atoms with E-state index in [-0.39, 0.29) is 12.7 Å². The lowest BCUT2D eigenvalue weighted by Gasteiger charge is -2.10. The highest BCUT2D eigenvalue weighted by molar-refractivity contribution is 4.81. The first-order valence-corrected chi connectivity index (χ1v) is 3.35. The van der Waals surface area contributed by atoms with Crippen LogP contribution in [0.1, 0.15) is 19.3 Å². The van der Waals surface area contributed by atoms with Gasteiger partial charge in [-0.25, -0.2) is 5.90 Å². The predicted octanol–water partition coefficient (Wildman–Crippen LogP) is 0.0377. The molecule has 1 aliphatic carbocycles. The molecule has 1 aliphatic rings. The van der Waals surface area contributed by atoms with Crippen LogP contribution >= 0.6 is 0 Å². The quantitative estimate of drug-likeness (QED) is 0.529. The second-order valence-electron chi connectivity index (χ2n) is 2.52. The number of aliphatic hydroxyl groups excluding tert-OH is 1. The Labute approximate surface area is 54.8 Å². The molecular formula is C6H13NO2. The molecule has 0 amide bonds. The van der Waals surface area contributed by atoms with Crippen molar-refractivity contribution >= 4 is 0 Å². The van der Waals surface area contributed by atoms with Gasteiger partial charge in [-0.15, -0.1) is 0 Å². The number of hydrogen-bond acceptors (Lipinski definition) is 3. The molecule has 0 bridgehead atoms. The van der Waals surface area contributed by atoms with Gasteiger partial charge in [0.1, 0.15) is 0 Å². The Kier molecular flexibility index (Phi) is 2.45. The van der Waals surface area contributed by atoms with Crippen LogP contribution in [0.15, 0.2) is 0 Å². The summed E-state index contributed by atoms with van der Waals surface area (Å²) in [5.41, 5.74) is 0. The Morgan fingerprint density at radius 3 is 2.67 bits per heavy atom. The van der Waals surface area contributed by atoms with Crippen LogP contribution in [0.25, 0.3) is 0 Å². The summed E-state index contributed by atoms with van der Waals surface area (Å²) in [4.78, 5) is 4.65. The van der Waals surface area contributed by atoms with E-state index in [9.17, 15) is 0 Å². The van der Waals surface area contributed by atoms with Crippen LogP contribution < -0.4 is 5.90 Å². The van der Waals surface area contributed by atoms with E-state index in [0.717, 1.165) is 0 Å². The smallest absolute Gasteiger partial charge is 0.0837 e. The van der Waals surface area contributed by atoms with Gasteiger partial charge in [0.05, 0.1) is 6.10 Å². The molecule has 1 rings (SSSR count). The molecule has 0 heterocycles. The molecule has 3 heteroatoms. The monoisotopic (exact) mass is 131 g/mol. The lowest BCUT2D eigenvalue weighted by Crippen LogP contribution is -2.20. The van der Waals surface area contributed by atoms with Crippen LogP contribution in [-0.4, -0.2) is 17.8 Å². The van der Waals surface area contributed by atoms with Gasteiger partial charge in [-0.05, 0) is 25.2 Å². The first kappa shape index (κ1) is 6.99. The average molecular weight is 131 g/mol. The van der Waals surface area contributed by atoms with Crippen molar-refractivity contribution in [2.75, 3.05) is 6.61 Å². The van der Waals surface area contributed by atoms with E-state index in [2.05, 4.69) is 4.84 Å². The van der Waals surface area contributed by atoms with Crippen molar-refractivity contribution in [3.05, 3.63) is 0 Å². The van der Waals surface area contributed by atoms with E-state index in [1.165, 1.54) is 12.8 Å². The summed E-state index contributed by atoms with van der Waals surface area (Å²) in [6, 6.07) is 0. The molecule has 0 aliphatic heterocycles. The standard InChI is InChI=1S/C6H13NO2/c7-9-6(3-4-8)5-1-2-5/h5-6,8H,1-4,7H2. The highest BCUT2D eigenvalue weighted by Crippen LogP contribution is 2.34. The number of aliphatic hydroxyl groups is 1. The molecule has 1 fully saturated rings. The van der Waals surface area contributed by atoms with Crippen molar-refractivity contribution in [1.29, 1.82) is 0 Å². The van der Waals surface area contributed by atoms with Crippen LogP contribution in [-0.2, 0) is 4.84 Å². The summed E-state index contributed by atoms with van der Waals surface area (Å²) in [6.07, 6.45) is 3.21. The number of rotatable bonds is 4. The largest absolute Gasteiger partial charge is 0.396 e. The third-order valence-electron chi connectivity index (χ3n) is 1.74. The first-order chi connectivity index (χ1) is 4.38. The maximum atomic E-state index is 8.51. The molecule has 1 atom stereocenters. The average Bonchev–Trinajstić information content (AvgIpc) is 2.64. The van der Waals surface area contributed by atoms with E-state index >= 15 is 0 Å². The zero-order valence-electron chi connectivity index (χ0n) is 5.42. The first-order valence-electron chi connectivity index (χ1n) is 3.35. The summed E-state index contributed by atoms with van der Waals surface area (Å²) in [5, 5.41) is 8.51. The van der Waals surface area contributed by atoms with Gasteiger partial charge in [-0.1, -0.05) is 0 Å².